The second-order valence-electron chi connectivity index (χ2n) is 5.55. The second kappa shape index (κ2) is 7.74. The van der Waals surface area contributed by atoms with Crippen LogP contribution < -0.4 is 10.6 Å². The van der Waals surface area contributed by atoms with Crippen molar-refractivity contribution in [3.63, 3.8) is 0 Å². The number of nitrogens with one attached hydrogen (secondary N) is 2. The first-order chi connectivity index (χ1) is 8.86. The Bertz CT molecular complexity index is 257. The molecule has 0 spiro atoms. The van der Waals surface area contributed by atoms with E-state index in [1.165, 1.54) is 32.2 Å². The van der Waals surface area contributed by atoms with E-state index in [0.29, 0.717) is 12.5 Å². The van der Waals surface area contributed by atoms with Crippen LogP contribution in [0, 0.1) is 0 Å². The Hall–Kier alpha value is -0.610. The summed E-state index contributed by atoms with van der Waals surface area (Å²) in [6.07, 6.45) is 7.94. The zero-order valence-corrected chi connectivity index (χ0v) is 11.4. The van der Waals surface area contributed by atoms with Crippen LogP contribution in [0.4, 0.5) is 0 Å². The minimum atomic E-state index is 0.249. The molecule has 0 aliphatic carbocycles. The van der Waals surface area contributed by atoms with Crippen molar-refractivity contribution in [1.82, 2.24) is 15.5 Å². The van der Waals surface area contributed by atoms with E-state index in [4.69, 9.17) is 0 Å². The van der Waals surface area contributed by atoms with Crippen LogP contribution in [0.25, 0.3) is 0 Å². The minimum Gasteiger partial charge on any atom is -0.356 e. The van der Waals surface area contributed by atoms with Crippen molar-refractivity contribution in [2.24, 2.45) is 0 Å². The van der Waals surface area contributed by atoms with Crippen molar-refractivity contribution >= 4 is 5.91 Å². The fourth-order valence-corrected chi connectivity index (χ4v) is 3.01. The number of nitrogens with zero attached hydrogens (tertiary/aromatic N) is 1. The van der Waals surface area contributed by atoms with Gasteiger partial charge < -0.3 is 10.6 Å². The second-order valence-corrected chi connectivity index (χ2v) is 5.55. The highest BCUT2D eigenvalue weighted by atomic mass is 16.1. The van der Waals surface area contributed by atoms with E-state index < -0.39 is 0 Å². The quantitative estimate of drug-likeness (QED) is 0.680. The summed E-state index contributed by atoms with van der Waals surface area (Å²) in [6.45, 7) is 5.36. The molecule has 18 heavy (non-hydrogen) atoms. The average molecular weight is 253 g/mol. The predicted octanol–water partition coefficient (Wildman–Crippen LogP) is 1.12. The van der Waals surface area contributed by atoms with E-state index in [9.17, 15) is 4.79 Å². The van der Waals surface area contributed by atoms with Gasteiger partial charge in [-0.05, 0) is 58.3 Å². The molecule has 0 saturated carbocycles. The molecular formula is C14H27N3O. The van der Waals surface area contributed by atoms with Crippen LogP contribution >= 0.6 is 0 Å². The van der Waals surface area contributed by atoms with Crippen LogP contribution in [0.3, 0.4) is 0 Å². The molecule has 1 unspecified atom stereocenters. The number of hydrogen-bond donors (Lipinski definition) is 2. The number of piperidine rings is 1. The van der Waals surface area contributed by atoms with Gasteiger partial charge in [0, 0.05) is 19.0 Å². The molecule has 1 atom stereocenters. The van der Waals surface area contributed by atoms with Gasteiger partial charge in [-0.2, -0.15) is 0 Å². The van der Waals surface area contributed by atoms with E-state index in [1.54, 1.807) is 0 Å². The summed E-state index contributed by atoms with van der Waals surface area (Å²) in [5.74, 6) is 0.249. The summed E-state index contributed by atoms with van der Waals surface area (Å²) in [7, 11) is 0. The van der Waals surface area contributed by atoms with Gasteiger partial charge in [0.05, 0.1) is 0 Å². The third kappa shape index (κ3) is 4.58. The molecule has 2 fully saturated rings. The highest BCUT2D eigenvalue weighted by Gasteiger charge is 2.24. The Morgan fingerprint density at radius 1 is 0.944 bits per heavy atom. The van der Waals surface area contributed by atoms with Crippen molar-refractivity contribution in [2.75, 3.05) is 32.7 Å². The number of fused-ring (bicyclic) bond motifs is 1. The van der Waals surface area contributed by atoms with Crippen LogP contribution in [0.1, 0.15) is 44.9 Å². The van der Waals surface area contributed by atoms with Gasteiger partial charge in [0.25, 0.3) is 0 Å². The molecule has 2 aliphatic rings. The number of amides is 1. The fourth-order valence-electron chi connectivity index (χ4n) is 3.01. The van der Waals surface area contributed by atoms with Gasteiger partial charge in [-0.1, -0.05) is 6.42 Å². The Kier molecular flexibility index (Phi) is 5.94. The predicted molar refractivity (Wildman–Crippen MR) is 73.6 cm³/mol. The van der Waals surface area contributed by atoms with Gasteiger partial charge in [0.1, 0.15) is 0 Å². The van der Waals surface area contributed by atoms with Gasteiger partial charge in [-0.3, -0.25) is 9.69 Å². The summed E-state index contributed by atoms with van der Waals surface area (Å²) in [5.41, 5.74) is 0. The topological polar surface area (TPSA) is 44.4 Å². The fraction of sp³-hybridized carbons (Fsp3) is 0.929. The molecular weight excluding hydrogens is 226 g/mol. The van der Waals surface area contributed by atoms with Crippen LogP contribution in [0.15, 0.2) is 0 Å². The molecule has 0 bridgehead atoms. The zero-order valence-electron chi connectivity index (χ0n) is 11.4. The van der Waals surface area contributed by atoms with Crippen molar-refractivity contribution in [3.8, 4) is 0 Å². The van der Waals surface area contributed by atoms with Gasteiger partial charge in [-0.15, -0.1) is 0 Å². The average Bonchev–Trinajstić information content (AvgIpc) is 2.39. The molecule has 0 aromatic rings. The van der Waals surface area contributed by atoms with Crippen molar-refractivity contribution in [3.05, 3.63) is 0 Å². The van der Waals surface area contributed by atoms with E-state index in [2.05, 4.69) is 15.5 Å². The largest absolute Gasteiger partial charge is 0.356 e. The Morgan fingerprint density at radius 3 is 2.67 bits per heavy atom. The summed E-state index contributed by atoms with van der Waals surface area (Å²) in [5, 5.41) is 6.55. The molecule has 2 aliphatic heterocycles. The first-order valence-electron chi connectivity index (χ1n) is 7.58. The van der Waals surface area contributed by atoms with Gasteiger partial charge in [0.15, 0.2) is 0 Å². The summed E-state index contributed by atoms with van der Waals surface area (Å²) in [4.78, 5) is 14.4. The number of rotatable bonds is 0. The smallest absolute Gasteiger partial charge is 0.221 e. The lowest BCUT2D eigenvalue weighted by Gasteiger charge is -2.35. The lowest BCUT2D eigenvalue weighted by molar-refractivity contribution is -0.122. The van der Waals surface area contributed by atoms with Crippen molar-refractivity contribution in [1.29, 1.82) is 0 Å². The minimum absolute atomic E-state index is 0.249. The monoisotopic (exact) mass is 253 g/mol. The third-order valence-electron chi connectivity index (χ3n) is 4.07. The Morgan fingerprint density at radius 2 is 1.72 bits per heavy atom. The van der Waals surface area contributed by atoms with Crippen LogP contribution in [0.5, 0.6) is 0 Å². The first kappa shape index (κ1) is 13.8. The molecule has 2 rings (SSSR count). The van der Waals surface area contributed by atoms with Crippen molar-refractivity contribution < 1.29 is 4.79 Å². The Labute approximate surface area is 110 Å². The summed E-state index contributed by atoms with van der Waals surface area (Å²) in [6, 6.07) is 0.486. The zero-order chi connectivity index (χ0) is 12.6. The van der Waals surface area contributed by atoms with E-state index in [-0.39, 0.29) is 5.91 Å². The lowest BCUT2D eigenvalue weighted by atomic mass is 9.98. The Balaban J connectivity index is 1.87. The first-order valence-corrected chi connectivity index (χ1v) is 7.58. The lowest BCUT2D eigenvalue weighted by Crippen LogP contribution is -2.43. The SMILES string of the molecule is O=C1CC2CCCCN2CCCNCCCCN1. The highest BCUT2D eigenvalue weighted by molar-refractivity contribution is 5.76. The van der Waals surface area contributed by atoms with Crippen LogP contribution in [-0.4, -0.2) is 49.6 Å². The maximum Gasteiger partial charge on any atom is 0.221 e. The summed E-state index contributed by atoms with van der Waals surface area (Å²) < 4.78 is 0. The number of carbonyl (C=O) groups is 1. The number of hydrogen-bond acceptors (Lipinski definition) is 3. The summed E-state index contributed by atoms with van der Waals surface area (Å²) >= 11 is 0. The molecule has 2 N–H and O–H groups in total. The standard InChI is InChI=1S/C14H27N3O/c18-14-12-13-6-1-4-10-17(13)11-5-8-15-7-2-3-9-16-14/h13,15H,1-12H2,(H,16,18). The van der Waals surface area contributed by atoms with Gasteiger partial charge >= 0.3 is 0 Å². The van der Waals surface area contributed by atoms with E-state index in [0.717, 1.165) is 39.0 Å². The molecule has 1 amide bonds. The number of carbonyl (C=O) groups excluding carboxylic acids is 1. The maximum absolute atomic E-state index is 11.9. The van der Waals surface area contributed by atoms with Crippen LogP contribution in [-0.2, 0) is 4.79 Å². The normalized spacial score (nSPS) is 29.3. The third-order valence-corrected chi connectivity index (χ3v) is 4.07. The van der Waals surface area contributed by atoms with Gasteiger partial charge in [-0.25, -0.2) is 0 Å². The van der Waals surface area contributed by atoms with Crippen LogP contribution in [0.2, 0.25) is 0 Å². The molecule has 104 valence electrons. The maximum atomic E-state index is 11.9. The molecule has 2 saturated heterocycles. The van der Waals surface area contributed by atoms with Gasteiger partial charge in [0.2, 0.25) is 5.91 Å². The molecule has 2 heterocycles. The van der Waals surface area contributed by atoms with E-state index in [1.807, 2.05) is 0 Å². The van der Waals surface area contributed by atoms with E-state index >= 15 is 0 Å². The molecule has 4 heteroatoms. The van der Waals surface area contributed by atoms with Crippen molar-refractivity contribution in [2.45, 2.75) is 51.0 Å². The molecule has 0 aromatic heterocycles. The highest BCUT2D eigenvalue weighted by Crippen LogP contribution is 2.19. The molecule has 0 aromatic carbocycles. The molecule has 4 nitrogen and oxygen atoms in total. The molecule has 0 radical (unpaired) electrons.